The normalized spacial score (nSPS) is 14.5. The lowest BCUT2D eigenvalue weighted by Crippen LogP contribution is -2.26. The van der Waals surface area contributed by atoms with Gasteiger partial charge in [0.1, 0.15) is 5.69 Å². The highest BCUT2D eigenvalue weighted by Crippen LogP contribution is 2.34. The van der Waals surface area contributed by atoms with Crippen LogP contribution in [0.25, 0.3) is 5.69 Å². The zero-order valence-corrected chi connectivity index (χ0v) is 23.5. The molecule has 4 N–H and O–H groups in total. The van der Waals surface area contributed by atoms with Crippen molar-refractivity contribution >= 4 is 21.4 Å². The number of sulfone groups is 1. The molecule has 1 amide bonds. The highest BCUT2D eigenvalue weighted by molar-refractivity contribution is 7.90. The summed E-state index contributed by atoms with van der Waals surface area (Å²) >= 11 is 0. The van der Waals surface area contributed by atoms with Gasteiger partial charge in [-0.2, -0.15) is 18.3 Å². The molecule has 1 aliphatic rings. The van der Waals surface area contributed by atoms with Crippen LogP contribution in [0.15, 0.2) is 83.8 Å². The van der Waals surface area contributed by atoms with Crippen molar-refractivity contribution in [3.63, 3.8) is 0 Å². The molecule has 4 aromatic rings. The SMILES string of the molecule is CS(=O)(=O)c1ccccc1C(NCC1CC1)c1cccc(NC(=O)c2cc(C(F)(F)F)nn2-c2cccc(CN)c2)c1. The van der Waals surface area contributed by atoms with Gasteiger partial charge in [-0.15, -0.1) is 0 Å². The van der Waals surface area contributed by atoms with Crippen molar-refractivity contribution in [2.24, 2.45) is 11.7 Å². The van der Waals surface area contributed by atoms with E-state index in [1.54, 1.807) is 66.7 Å². The summed E-state index contributed by atoms with van der Waals surface area (Å²) in [5.74, 6) is -0.297. The van der Waals surface area contributed by atoms with Crippen molar-refractivity contribution < 1.29 is 26.4 Å². The lowest BCUT2D eigenvalue weighted by molar-refractivity contribution is -0.141. The van der Waals surface area contributed by atoms with Crippen molar-refractivity contribution in [2.75, 3.05) is 18.1 Å². The number of aromatic nitrogens is 2. The molecule has 1 aliphatic carbocycles. The Morgan fingerprint density at radius 2 is 1.79 bits per heavy atom. The number of nitrogens with two attached hydrogens (primary N) is 1. The van der Waals surface area contributed by atoms with E-state index in [9.17, 15) is 26.4 Å². The van der Waals surface area contributed by atoms with E-state index < -0.39 is 33.7 Å². The maximum Gasteiger partial charge on any atom is 0.435 e. The second kappa shape index (κ2) is 11.7. The molecule has 1 heterocycles. The predicted octanol–water partition coefficient (Wildman–Crippen LogP) is 5.09. The molecule has 1 saturated carbocycles. The minimum Gasteiger partial charge on any atom is -0.326 e. The molecule has 5 rings (SSSR count). The fraction of sp³-hybridized carbons (Fsp3) is 0.267. The predicted molar refractivity (Wildman–Crippen MR) is 153 cm³/mol. The van der Waals surface area contributed by atoms with Crippen molar-refractivity contribution in [1.82, 2.24) is 15.1 Å². The van der Waals surface area contributed by atoms with Crippen LogP contribution in [0.2, 0.25) is 0 Å². The van der Waals surface area contributed by atoms with Gasteiger partial charge in [-0.1, -0.05) is 42.5 Å². The minimum absolute atomic E-state index is 0.161. The quantitative estimate of drug-likeness (QED) is 0.234. The molecule has 0 aliphatic heterocycles. The van der Waals surface area contributed by atoms with Crippen LogP contribution in [0.5, 0.6) is 0 Å². The van der Waals surface area contributed by atoms with Gasteiger partial charge in [0.25, 0.3) is 5.91 Å². The number of benzene rings is 3. The van der Waals surface area contributed by atoms with Gasteiger partial charge in [-0.05, 0) is 72.3 Å². The summed E-state index contributed by atoms with van der Waals surface area (Å²) in [7, 11) is -3.54. The Balaban J connectivity index is 1.50. The van der Waals surface area contributed by atoms with E-state index in [0.717, 1.165) is 23.8 Å². The highest BCUT2D eigenvalue weighted by atomic mass is 32.2. The number of carbonyl (C=O) groups is 1. The molecule has 0 spiro atoms. The number of hydrogen-bond acceptors (Lipinski definition) is 6. The molecule has 1 fully saturated rings. The molecule has 0 saturated heterocycles. The first-order chi connectivity index (χ1) is 19.9. The van der Waals surface area contributed by atoms with Crippen LogP contribution in [-0.4, -0.2) is 36.9 Å². The standard InChI is InChI=1S/C30H30F3N5O3S/c1-42(40,41)26-11-3-2-10-24(26)28(35-18-19-12-13-19)21-7-5-8-22(15-21)36-29(39)25-16-27(30(31,32)33)37-38(25)23-9-4-6-20(14-23)17-34/h2-11,14-16,19,28,35H,12-13,17-18,34H2,1H3,(H,36,39). The van der Waals surface area contributed by atoms with Gasteiger partial charge in [0.15, 0.2) is 15.5 Å². The van der Waals surface area contributed by atoms with Gasteiger partial charge in [-0.25, -0.2) is 13.1 Å². The van der Waals surface area contributed by atoms with Gasteiger partial charge in [0.2, 0.25) is 0 Å². The van der Waals surface area contributed by atoms with Crippen LogP contribution < -0.4 is 16.4 Å². The molecule has 220 valence electrons. The molecule has 1 unspecified atom stereocenters. The highest BCUT2D eigenvalue weighted by Gasteiger charge is 2.36. The molecular weight excluding hydrogens is 567 g/mol. The van der Waals surface area contributed by atoms with E-state index in [1.807, 2.05) is 6.07 Å². The molecule has 8 nitrogen and oxygen atoms in total. The second-order valence-electron chi connectivity index (χ2n) is 10.4. The summed E-state index contributed by atoms with van der Waals surface area (Å²) in [6, 6.07) is 20.2. The van der Waals surface area contributed by atoms with Crippen LogP contribution >= 0.6 is 0 Å². The Labute approximate surface area is 241 Å². The first-order valence-corrected chi connectivity index (χ1v) is 15.2. The first-order valence-electron chi connectivity index (χ1n) is 13.3. The van der Waals surface area contributed by atoms with Crippen LogP contribution in [0.1, 0.15) is 51.8 Å². The number of nitrogens with zero attached hydrogens (tertiary/aromatic N) is 2. The van der Waals surface area contributed by atoms with Crippen LogP contribution in [0, 0.1) is 5.92 Å². The molecule has 0 radical (unpaired) electrons. The lowest BCUT2D eigenvalue weighted by Gasteiger charge is -2.23. The third-order valence-electron chi connectivity index (χ3n) is 7.04. The van der Waals surface area contributed by atoms with E-state index >= 15 is 0 Å². The van der Waals surface area contributed by atoms with Crippen LogP contribution in [-0.2, 0) is 22.6 Å². The molecule has 1 atom stereocenters. The summed E-state index contributed by atoms with van der Waals surface area (Å²) in [6.07, 6.45) is -1.43. The molecular formula is C30H30F3N5O3S. The van der Waals surface area contributed by atoms with Gasteiger partial charge in [-0.3, -0.25) is 4.79 Å². The molecule has 3 aromatic carbocycles. The lowest BCUT2D eigenvalue weighted by atomic mass is 9.97. The number of hydrogen-bond donors (Lipinski definition) is 3. The summed E-state index contributed by atoms with van der Waals surface area (Å²) in [6.45, 7) is 0.842. The van der Waals surface area contributed by atoms with Gasteiger partial charge >= 0.3 is 6.18 Å². The third kappa shape index (κ3) is 6.72. The fourth-order valence-corrected chi connectivity index (χ4v) is 5.69. The molecule has 42 heavy (non-hydrogen) atoms. The number of carbonyl (C=O) groups excluding carboxylic acids is 1. The number of alkyl halides is 3. The zero-order valence-electron chi connectivity index (χ0n) is 22.7. The maximum atomic E-state index is 13.6. The Hall–Kier alpha value is -4.00. The van der Waals surface area contributed by atoms with Crippen molar-refractivity contribution in [1.29, 1.82) is 0 Å². The fourth-order valence-electron chi connectivity index (χ4n) is 4.76. The summed E-state index contributed by atoms with van der Waals surface area (Å²) < 4.78 is 67.0. The summed E-state index contributed by atoms with van der Waals surface area (Å²) in [5.41, 5.74) is 6.67. The van der Waals surface area contributed by atoms with Crippen molar-refractivity contribution in [3.05, 3.63) is 107 Å². The monoisotopic (exact) mass is 597 g/mol. The molecule has 1 aromatic heterocycles. The first kappa shape index (κ1) is 29.5. The van der Waals surface area contributed by atoms with E-state index in [2.05, 4.69) is 15.7 Å². The second-order valence-corrected chi connectivity index (χ2v) is 12.4. The number of halogens is 3. The average Bonchev–Trinajstić information content (AvgIpc) is 3.66. The van der Waals surface area contributed by atoms with Crippen molar-refractivity contribution in [2.45, 2.75) is 36.5 Å². The van der Waals surface area contributed by atoms with E-state index in [1.165, 1.54) is 0 Å². The van der Waals surface area contributed by atoms with Crippen LogP contribution in [0.4, 0.5) is 18.9 Å². The van der Waals surface area contributed by atoms with E-state index in [4.69, 9.17) is 5.73 Å². The minimum atomic E-state index is -4.76. The Bertz CT molecular complexity index is 1720. The summed E-state index contributed by atoms with van der Waals surface area (Å²) in [5, 5.41) is 9.84. The van der Waals surface area contributed by atoms with Crippen molar-refractivity contribution in [3.8, 4) is 5.69 Å². The van der Waals surface area contributed by atoms with Crippen LogP contribution in [0.3, 0.4) is 0 Å². The van der Waals surface area contributed by atoms with E-state index in [-0.39, 0.29) is 22.8 Å². The third-order valence-corrected chi connectivity index (χ3v) is 8.21. The number of rotatable bonds is 10. The Morgan fingerprint density at radius 1 is 1.05 bits per heavy atom. The number of amides is 1. The smallest absolute Gasteiger partial charge is 0.326 e. The average molecular weight is 598 g/mol. The number of nitrogens with one attached hydrogen (secondary N) is 2. The maximum absolute atomic E-state index is 13.6. The Kier molecular flexibility index (Phi) is 8.22. The topological polar surface area (TPSA) is 119 Å². The molecule has 12 heteroatoms. The van der Waals surface area contributed by atoms with Gasteiger partial charge < -0.3 is 16.4 Å². The van der Waals surface area contributed by atoms with E-state index in [0.29, 0.717) is 40.9 Å². The number of anilines is 1. The van der Waals surface area contributed by atoms with Gasteiger partial charge in [0.05, 0.1) is 16.6 Å². The largest absolute Gasteiger partial charge is 0.435 e. The summed E-state index contributed by atoms with van der Waals surface area (Å²) in [4.78, 5) is 13.6. The zero-order chi connectivity index (χ0) is 30.1. The Morgan fingerprint density at radius 3 is 2.48 bits per heavy atom. The molecule has 0 bridgehead atoms. The van der Waals surface area contributed by atoms with Gasteiger partial charge in [0, 0.05) is 24.6 Å².